The molecule has 0 saturated carbocycles. The summed E-state index contributed by atoms with van der Waals surface area (Å²) in [7, 11) is 0. The average molecular weight is 376 g/mol. The monoisotopic (exact) mass is 375 g/mol. The Morgan fingerprint density at radius 2 is 1.48 bits per heavy atom. The third-order valence-electron chi connectivity index (χ3n) is 4.53. The summed E-state index contributed by atoms with van der Waals surface area (Å²) in [6.45, 7) is 4.15. The third-order valence-corrected chi connectivity index (χ3v) is 4.79. The molecule has 0 amide bonds. The van der Waals surface area contributed by atoms with E-state index in [1.165, 1.54) is 0 Å². The fourth-order valence-corrected chi connectivity index (χ4v) is 3.25. The van der Waals surface area contributed by atoms with Crippen LogP contribution in [0.3, 0.4) is 0 Å². The quantitative estimate of drug-likeness (QED) is 0.797. The highest BCUT2D eigenvalue weighted by atomic mass is 35.5. The number of nitrogens with one attached hydrogen (secondary N) is 1. The lowest BCUT2D eigenvalue weighted by molar-refractivity contribution is 0.306. The summed E-state index contributed by atoms with van der Waals surface area (Å²) in [5.74, 6) is 0.368. The number of nitrogens with zero attached hydrogens (tertiary/aromatic N) is 2. The lowest BCUT2D eigenvalue weighted by Gasteiger charge is -2.26. The summed E-state index contributed by atoms with van der Waals surface area (Å²) in [6.07, 6.45) is 0. The van der Waals surface area contributed by atoms with Gasteiger partial charge in [-0.15, -0.1) is 0 Å². The Labute approximate surface area is 164 Å². The first kappa shape index (κ1) is 18.6. The van der Waals surface area contributed by atoms with E-state index in [1.807, 2.05) is 62.4 Å². The fraction of sp³-hybridized carbons (Fsp3) is 0.182. The Balaban J connectivity index is 1.81. The first-order valence-electron chi connectivity index (χ1n) is 8.49. The standard InChI is InChI=1S/C22H18ClN3O/c1-14-20(11-24)22(21(12-25)15(2)26-14)17-5-9-19(10-6-17)27-13-16-3-7-18(23)8-4-16/h3-10,22,26H,13H2,1-2H3. The Bertz CT molecular complexity index is 954. The van der Waals surface area contributed by atoms with Crippen molar-refractivity contribution in [2.24, 2.45) is 0 Å². The van der Waals surface area contributed by atoms with Gasteiger partial charge in [0.15, 0.2) is 0 Å². The van der Waals surface area contributed by atoms with Crippen LogP contribution in [0.1, 0.15) is 30.9 Å². The van der Waals surface area contributed by atoms with Crippen molar-refractivity contribution >= 4 is 11.6 Å². The van der Waals surface area contributed by atoms with Crippen LogP contribution in [-0.2, 0) is 6.61 Å². The van der Waals surface area contributed by atoms with E-state index in [-0.39, 0.29) is 5.92 Å². The van der Waals surface area contributed by atoms with Gasteiger partial charge in [0.05, 0.1) is 29.2 Å². The Morgan fingerprint density at radius 1 is 0.926 bits per heavy atom. The van der Waals surface area contributed by atoms with E-state index < -0.39 is 0 Å². The van der Waals surface area contributed by atoms with E-state index in [0.717, 1.165) is 28.3 Å². The first-order chi connectivity index (χ1) is 13.0. The van der Waals surface area contributed by atoms with Crippen LogP contribution >= 0.6 is 11.6 Å². The minimum absolute atomic E-state index is 0.355. The van der Waals surface area contributed by atoms with Crippen LogP contribution in [0.2, 0.25) is 5.02 Å². The highest BCUT2D eigenvalue weighted by Crippen LogP contribution is 2.37. The molecule has 1 aliphatic heterocycles. The molecular formula is C22H18ClN3O. The second-order valence-electron chi connectivity index (χ2n) is 6.34. The van der Waals surface area contributed by atoms with Crippen molar-refractivity contribution in [2.45, 2.75) is 26.4 Å². The first-order valence-corrected chi connectivity index (χ1v) is 8.87. The fourth-order valence-electron chi connectivity index (χ4n) is 3.13. The van der Waals surface area contributed by atoms with Crippen molar-refractivity contribution < 1.29 is 4.74 Å². The molecule has 134 valence electrons. The predicted octanol–water partition coefficient (Wildman–Crippen LogP) is 5.20. The second kappa shape index (κ2) is 7.99. The molecule has 2 aromatic rings. The lowest BCUT2D eigenvalue weighted by Crippen LogP contribution is -2.23. The number of halogens is 1. The average Bonchev–Trinajstić information content (AvgIpc) is 2.67. The van der Waals surface area contributed by atoms with Crippen molar-refractivity contribution in [2.75, 3.05) is 0 Å². The van der Waals surface area contributed by atoms with Gasteiger partial charge in [-0.3, -0.25) is 0 Å². The summed E-state index contributed by atoms with van der Waals surface area (Å²) in [6, 6.07) is 19.5. The Morgan fingerprint density at radius 3 is 2.00 bits per heavy atom. The van der Waals surface area contributed by atoms with Crippen molar-refractivity contribution in [1.29, 1.82) is 10.5 Å². The second-order valence-corrected chi connectivity index (χ2v) is 6.78. The maximum Gasteiger partial charge on any atom is 0.119 e. The highest BCUT2D eigenvalue weighted by Gasteiger charge is 2.29. The molecular weight excluding hydrogens is 358 g/mol. The van der Waals surface area contributed by atoms with Gasteiger partial charge in [0.25, 0.3) is 0 Å². The van der Waals surface area contributed by atoms with Crippen molar-refractivity contribution in [3.05, 3.63) is 87.2 Å². The van der Waals surface area contributed by atoms with E-state index in [0.29, 0.717) is 22.8 Å². The molecule has 0 bridgehead atoms. The molecule has 0 aliphatic carbocycles. The van der Waals surface area contributed by atoms with Gasteiger partial charge in [0.1, 0.15) is 12.4 Å². The zero-order chi connectivity index (χ0) is 19.4. The zero-order valence-corrected chi connectivity index (χ0v) is 15.8. The van der Waals surface area contributed by atoms with Crippen LogP contribution in [0, 0.1) is 22.7 Å². The summed E-state index contributed by atoms with van der Waals surface area (Å²) in [4.78, 5) is 0. The number of benzene rings is 2. The molecule has 1 N–H and O–H groups in total. The SMILES string of the molecule is CC1=C(C#N)C(c2ccc(OCc3ccc(Cl)cc3)cc2)C(C#N)=C(C)N1. The van der Waals surface area contributed by atoms with E-state index in [2.05, 4.69) is 17.5 Å². The van der Waals surface area contributed by atoms with E-state index in [9.17, 15) is 10.5 Å². The molecule has 0 radical (unpaired) electrons. The maximum absolute atomic E-state index is 9.56. The van der Waals surface area contributed by atoms with Gasteiger partial charge in [-0.05, 0) is 49.2 Å². The number of nitriles is 2. The summed E-state index contributed by atoms with van der Waals surface area (Å²) < 4.78 is 5.81. The van der Waals surface area contributed by atoms with Crippen molar-refractivity contribution in [1.82, 2.24) is 5.32 Å². The number of hydrogen-bond acceptors (Lipinski definition) is 4. The third kappa shape index (κ3) is 3.97. The van der Waals surface area contributed by atoms with Crippen LogP contribution < -0.4 is 10.1 Å². The highest BCUT2D eigenvalue weighted by molar-refractivity contribution is 6.30. The number of ether oxygens (including phenoxy) is 1. The zero-order valence-electron chi connectivity index (χ0n) is 15.1. The maximum atomic E-state index is 9.56. The molecule has 27 heavy (non-hydrogen) atoms. The minimum Gasteiger partial charge on any atom is -0.489 e. The Kier molecular flexibility index (Phi) is 5.50. The lowest BCUT2D eigenvalue weighted by atomic mass is 9.81. The molecule has 0 saturated heterocycles. The van der Waals surface area contributed by atoms with E-state index in [1.54, 1.807) is 0 Å². The number of hydrogen-bond donors (Lipinski definition) is 1. The molecule has 0 aromatic heterocycles. The molecule has 0 spiro atoms. The van der Waals surface area contributed by atoms with E-state index in [4.69, 9.17) is 16.3 Å². The van der Waals surface area contributed by atoms with Gasteiger partial charge in [-0.2, -0.15) is 10.5 Å². The molecule has 0 atom stereocenters. The van der Waals surface area contributed by atoms with Gasteiger partial charge in [0.2, 0.25) is 0 Å². The number of dihydropyridines is 1. The number of rotatable bonds is 4. The van der Waals surface area contributed by atoms with Crippen molar-refractivity contribution in [3.63, 3.8) is 0 Å². The molecule has 0 fully saturated rings. The van der Waals surface area contributed by atoms with Crippen LogP contribution in [0.4, 0.5) is 0 Å². The normalized spacial score (nSPS) is 14.4. The summed E-state index contributed by atoms with van der Waals surface area (Å²) >= 11 is 5.89. The van der Waals surface area contributed by atoms with Gasteiger partial charge in [-0.1, -0.05) is 35.9 Å². The van der Waals surface area contributed by atoms with Crippen molar-refractivity contribution in [3.8, 4) is 17.9 Å². The number of allylic oxidation sites excluding steroid dienone is 4. The Hall–Kier alpha value is -3.21. The summed E-state index contributed by atoms with van der Waals surface area (Å²) in [5, 5.41) is 22.9. The van der Waals surface area contributed by atoms with Crippen LogP contribution in [-0.4, -0.2) is 0 Å². The molecule has 0 unspecified atom stereocenters. The molecule has 4 nitrogen and oxygen atoms in total. The molecule has 2 aromatic carbocycles. The van der Waals surface area contributed by atoms with Crippen LogP contribution in [0.25, 0.3) is 0 Å². The molecule has 5 heteroatoms. The van der Waals surface area contributed by atoms with Gasteiger partial charge in [0, 0.05) is 16.4 Å². The predicted molar refractivity (Wildman–Crippen MR) is 105 cm³/mol. The molecule has 3 rings (SSSR count). The minimum atomic E-state index is -0.355. The van der Waals surface area contributed by atoms with Crippen LogP contribution in [0.5, 0.6) is 5.75 Å². The van der Waals surface area contributed by atoms with Gasteiger partial charge < -0.3 is 10.1 Å². The largest absolute Gasteiger partial charge is 0.489 e. The summed E-state index contributed by atoms with van der Waals surface area (Å²) in [5.41, 5.74) is 4.60. The molecule has 1 heterocycles. The van der Waals surface area contributed by atoms with E-state index >= 15 is 0 Å². The van der Waals surface area contributed by atoms with Gasteiger partial charge in [-0.25, -0.2) is 0 Å². The molecule has 1 aliphatic rings. The topological polar surface area (TPSA) is 68.8 Å². The van der Waals surface area contributed by atoms with Gasteiger partial charge >= 0.3 is 0 Å². The van der Waals surface area contributed by atoms with Crippen LogP contribution in [0.15, 0.2) is 71.1 Å². The smallest absolute Gasteiger partial charge is 0.119 e.